The molecule has 1 aromatic carbocycles. The van der Waals surface area contributed by atoms with Gasteiger partial charge in [-0.15, -0.1) is 0 Å². The second-order valence-corrected chi connectivity index (χ2v) is 8.62. The summed E-state index contributed by atoms with van der Waals surface area (Å²) in [5.74, 6) is -0.887. The molecule has 0 saturated carbocycles. The van der Waals surface area contributed by atoms with E-state index in [2.05, 4.69) is 0 Å². The molecule has 0 aromatic heterocycles. The smallest absolute Gasteiger partial charge is 0.243 e. The number of hydrogen-bond donors (Lipinski definition) is 0. The Labute approximate surface area is 151 Å². The van der Waals surface area contributed by atoms with Gasteiger partial charge in [0, 0.05) is 26.1 Å². The van der Waals surface area contributed by atoms with Gasteiger partial charge in [-0.3, -0.25) is 4.79 Å². The van der Waals surface area contributed by atoms with Crippen LogP contribution in [-0.4, -0.2) is 68.6 Å². The summed E-state index contributed by atoms with van der Waals surface area (Å²) in [5, 5.41) is 0. The molecular weight excluding hydrogens is 366 g/mol. The first-order chi connectivity index (χ1) is 12.2. The fraction of sp³-hybridized carbons (Fsp3) is 0.588. The summed E-state index contributed by atoms with van der Waals surface area (Å²) in [5.41, 5.74) is 0.381. The third kappa shape index (κ3) is 3.47. The van der Waals surface area contributed by atoms with Crippen LogP contribution >= 0.6 is 0 Å². The highest BCUT2D eigenvalue weighted by molar-refractivity contribution is 7.89. The van der Waals surface area contributed by atoms with Gasteiger partial charge in [-0.25, -0.2) is 17.2 Å². The van der Waals surface area contributed by atoms with E-state index >= 15 is 0 Å². The average Bonchev–Trinajstić information content (AvgIpc) is 3.02. The second kappa shape index (κ2) is 7.21. The quantitative estimate of drug-likeness (QED) is 0.785. The predicted octanol–water partition coefficient (Wildman–Crippen LogP) is 1.40. The van der Waals surface area contributed by atoms with Crippen molar-refractivity contribution in [2.24, 2.45) is 0 Å². The zero-order valence-electron chi connectivity index (χ0n) is 14.7. The maximum absolute atomic E-state index is 14.1. The molecule has 26 heavy (non-hydrogen) atoms. The van der Waals surface area contributed by atoms with Crippen molar-refractivity contribution in [2.75, 3.05) is 32.8 Å². The number of sulfonamides is 1. The number of carbonyl (C=O) groups excluding carboxylic acids is 1. The molecule has 2 heterocycles. The summed E-state index contributed by atoms with van der Waals surface area (Å²) < 4.78 is 60.1. The minimum atomic E-state index is -4.12. The van der Waals surface area contributed by atoms with E-state index in [1.807, 2.05) is 0 Å². The highest BCUT2D eigenvalue weighted by atomic mass is 32.2. The van der Waals surface area contributed by atoms with Crippen molar-refractivity contribution in [3.8, 4) is 0 Å². The predicted molar refractivity (Wildman–Crippen MR) is 90.5 cm³/mol. The Morgan fingerprint density at radius 3 is 2.35 bits per heavy atom. The van der Waals surface area contributed by atoms with Crippen molar-refractivity contribution in [3.05, 3.63) is 29.1 Å². The number of benzene rings is 1. The number of alkyl halides is 1. The molecule has 3 rings (SSSR count). The van der Waals surface area contributed by atoms with E-state index in [9.17, 15) is 22.0 Å². The molecule has 6 nitrogen and oxygen atoms in total. The van der Waals surface area contributed by atoms with Gasteiger partial charge in [0.2, 0.25) is 15.9 Å². The monoisotopic (exact) mass is 388 g/mol. The molecule has 9 heteroatoms. The lowest BCUT2D eigenvalue weighted by Gasteiger charge is -2.32. The van der Waals surface area contributed by atoms with Crippen LogP contribution in [0.4, 0.5) is 8.78 Å². The molecule has 2 aliphatic heterocycles. The number of nitrogens with zero attached hydrogens (tertiary/aromatic N) is 2. The minimum absolute atomic E-state index is 0.122. The Morgan fingerprint density at radius 2 is 1.77 bits per heavy atom. The number of hydrogen-bond acceptors (Lipinski definition) is 4. The lowest BCUT2D eigenvalue weighted by Crippen LogP contribution is -2.50. The van der Waals surface area contributed by atoms with Crippen LogP contribution in [0.25, 0.3) is 0 Å². The summed E-state index contributed by atoms with van der Waals surface area (Å²) in [7, 11) is -4.12. The van der Waals surface area contributed by atoms with E-state index < -0.39 is 34.0 Å². The Morgan fingerprint density at radius 1 is 1.19 bits per heavy atom. The number of halogens is 2. The Balaban J connectivity index is 1.93. The molecule has 1 amide bonds. The molecule has 2 saturated heterocycles. The number of carbonyl (C=O) groups is 1. The number of morpholine rings is 1. The van der Waals surface area contributed by atoms with Crippen molar-refractivity contribution in [3.63, 3.8) is 0 Å². The fourth-order valence-corrected chi connectivity index (χ4v) is 5.22. The lowest BCUT2D eigenvalue weighted by atomic mass is 10.1. The number of rotatable bonds is 3. The average molecular weight is 388 g/mol. The van der Waals surface area contributed by atoms with Crippen molar-refractivity contribution in [1.82, 2.24) is 9.21 Å². The van der Waals surface area contributed by atoms with E-state index in [0.717, 1.165) is 4.31 Å². The van der Waals surface area contributed by atoms with Crippen molar-refractivity contribution in [1.29, 1.82) is 0 Å². The molecule has 0 unspecified atom stereocenters. The normalized spacial score (nSPS) is 24.8. The highest BCUT2D eigenvalue weighted by Gasteiger charge is 2.45. The summed E-state index contributed by atoms with van der Waals surface area (Å²) in [6.45, 7) is 4.03. The fourth-order valence-electron chi connectivity index (χ4n) is 3.43. The maximum Gasteiger partial charge on any atom is 0.243 e. The van der Waals surface area contributed by atoms with Crippen LogP contribution in [0.3, 0.4) is 0 Å². The van der Waals surface area contributed by atoms with Crippen LogP contribution in [0.2, 0.25) is 0 Å². The first-order valence-corrected chi connectivity index (χ1v) is 9.95. The number of ether oxygens (including phenoxy) is 1. The first kappa shape index (κ1) is 19.2. The SMILES string of the molecule is Cc1cc(S(=O)(=O)N2C[C@H](F)C[C@H]2C(=O)N2CCOCC2)cc(C)c1F. The Bertz CT molecular complexity index is 786. The van der Waals surface area contributed by atoms with E-state index in [-0.39, 0.29) is 29.0 Å². The van der Waals surface area contributed by atoms with Gasteiger partial charge in [0.05, 0.1) is 18.1 Å². The van der Waals surface area contributed by atoms with Crippen LogP contribution in [-0.2, 0) is 19.6 Å². The van der Waals surface area contributed by atoms with Crippen molar-refractivity contribution < 1.29 is 26.7 Å². The van der Waals surface area contributed by atoms with Gasteiger partial charge in [-0.2, -0.15) is 4.31 Å². The molecule has 1 aromatic rings. The standard InChI is InChI=1S/C17H22F2N2O4S/c1-11-7-14(8-12(2)16(11)19)26(23,24)21-10-13(18)9-15(21)17(22)20-3-5-25-6-4-20/h7-8,13,15H,3-6,9-10H2,1-2H3/t13-,15+/m1/s1. The molecule has 0 bridgehead atoms. The van der Waals surface area contributed by atoms with Gasteiger partial charge >= 0.3 is 0 Å². The molecular formula is C17H22F2N2O4S. The van der Waals surface area contributed by atoms with Gasteiger partial charge in [0.15, 0.2) is 0 Å². The molecule has 0 aliphatic carbocycles. The van der Waals surface area contributed by atoms with E-state index in [1.165, 1.54) is 30.9 Å². The lowest BCUT2D eigenvalue weighted by molar-refractivity contribution is -0.138. The van der Waals surface area contributed by atoms with Crippen LogP contribution in [0.15, 0.2) is 17.0 Å². The van der Waals surface area contributed by atoms with Gasteiger partial charge in [0.25, 0.3) is 0 Å². The first-order valence-electron chi connectivity index (χ1n) is 8.51. The van der Waals surface area contributed by atoms with Crippen LogP contribution in [0.1, 0.15) is 17.5 Å². The third-order valence-corrected chi connectivity index (χ3v) is 6.68. The zero-order valence-corrected chi connectivity index (χ0v) is 15.6. The van der Waals surface area contributed by atoms with Crippen LogP contribution in [0, 0.1) is 19.7 Å². The summed E-state index contributed by atoms with van der Waals surface area (Å²) in [6, 6.07) is 1.36. The van der Waals surface area contributed by atoms with Crippen LogP contribution in [0.5, 0.6) is 0 Å². The summed E-state index contributed by atoms with van der Waals surface area (Å²) >= 11 is 0. The third-order valence-electron chi connectivity index (χ3n) is 4.83. The van der Waals surface area contributed by atoms with Gasteiger partial charge in [-0.1, -0.05) is 0 Å². The molecule has 0 N–H and O–H groups in total. The Hall–Kier alpha value is -1.58. The highest BCUT2D eigenvalue weighted by Crippen LogP contribution is 2.30. The number of aryl methyl sites for hydroxylation is 2. The largest absolute Gasteiger partial charge is 0.378 e. The molecule has 144 valence electrons. The molecule has 2 atom stereocenters. The molecule has 2 aliphatic rings. The maximum atomic E-state index is 14.1. The van der Waals surface area contributed by atoms with E-state index in [4.69, 9.17) is 4.74 Å². The molecule has 2 fully saturated rings. The molecule has 0 radical (unpaired) electrons. The van der Waals surface area contributed by atoms with Gasteiger partial charge < -0.3 is 9.64 Å². The second-order valence-electron chi connectivity index (χ2n) is 6.73. The van der Waals surface area contributed by atoms with Crippen molar-refractivity contribution >= 4 is 15.9 Å². The summed E-state index contributed by atoms with van der Waals surface area (Å²) in [6.07, 6.45) is -1.59. The van der Waals surface area contributed by atoms with Crippen LogP contribution < -0.4 is 0 Å². The summed E-state index contributed by atoms with van der Waals surface area (Å²) in [4.78, 5) is 14.1. The van der Waals surface area contributed by atoms with E-state index in [1.54, 1.807) is 0 Å². The minimum Gasteiger partial charge on any atom is -0.378 e. The zero-order chi connectivity index (χ0) is 19.1. The Kier molecular flexibility index (Phi) is 5.32. The van der Waals surface area contributed by atoms with Crippen molar-refractivity contribution in [2.45, 2.75) is 37.4 Å². The number of amides is 1. The molecule has 0 spiro atoms. The topological polar surface area (TPSA) is 66.9 Å². The van der Waals surface area contributed by atoms with Gasteiger partial charge in [0.1, 0.15) is 18.0 Å². The van der Waals surface area contributed by atoms with Gasteiger partial charge in [-0.05, 0) is 37.1 Å². The van der Waals surface area contributed by atoms with E-state index in [0.29, 0.717) is 26.3 Å².